The monoisotopic (exact) mass is 400 g/mol. The van der Waals surface area contributed by atoms with E-state index in [9.17, 15) is 14.9 Å². The van der Waals surface area contributed by atoms with Gasteiger partial charge in [0.05, 0.1) is 21.6 Å². The van der Waals surface area contributed by atoms with Crippen LogP contribution in [0.5, 0.6) is 5.75 Å². The smallest absolute Gasteiger partial charge is 0.363 e. The first-order valence-electron chi connectivity index (χ1n) is 8.61. The number of nitro benzene ring substituents is 1. The molecule has 144 valence electrons. The molecule has 0 amide bonds. The van der Waals surface area contributed by atoms with Crippen molar-refractivity contribution >= 4 is 35.2 Å². The summed E-state index contributed by atoms with van der Waals surface area (Å²) in [6.07, 6.45) is 2.44. The number of para-hydroxylation sites is 1. The van der Waals surface area contributed by atoms with Crippen LogP contribution in [0.25, 0.3) is 6.08 Å². The molecule has 0 aromatic heterocycles. The summed E-state index contributed by atoms with van der Waals surface area (Å²) < 4.78 is 11.1. The lowest BCUT2D eigenvalue weighted by Gasteiger charge is -2.14. The zero-order valence-corrected chi connectivity index (χ0v) is 16.0. The first kappa shape index (κ1) is 19.6. The first-order chi connectivity index (χ1) is 13.4. The van der Waals surface area contributed by atoms with E-state index in [1.165, 1.54) is 18.2 Å². The highest BCUT2D eigenvalue weighted by Crippen LogP contribution is 2.29. The van der Waals surface area contributed by atoms with Crippen LogP contribution in [0, 0.1) is 10.1 Å². The number of rotatable bonds is 6. The molecule has 0 radical (unpaired) electrons. The Morgan fingerprint density at radius 1 is 1.32 bits per heavy atom. The highest BCUT2D eigenvalue weighted by atomic mass is 35.5. The Morgan fingerprint density at radius 2 is 2.07 bits per heavy atom. The van der Waals surface area contributed by atoms with Crippen LogP contribution in [0.1, 0.15) is 31.4 Å². The van der Waals surface area contributed by atoms with E-state index in [-0.39, 0.29) is 28.4 Å². The number of halogens is 1. The molecule has 28 heavy (non-hydrogen) atoms. The molecule has 0 spiro atoms. The summed E-state index contributed by atoms with van der Waals surface area (Å²) in [4.78, 5) is 26.7. The standard InChI is InChI=1S/C20H17ClN2O5/c1-3-12(2)27-18-7-5-4-6-13(18)10-17-20(24)28-19(22-17)15-9-8-14(23(25)26)11-16(15)21/h4-12H,3H2,1-2H3/b17-10-. The fourth-order valence-electron chi connectivity index (χ4n) is 2.47. The van der Waals surface area contributed by atoms with Gasteiger partial charge in [-0.3, -0.25) is 10.1 Å². The van der Waals surface area contributed by atoms with Gasteiger partial charge in [-0.25, -0.2) is 9.79 Å². The molecule has 1 heterocycles. The van der Waals surface area contributed by atoms with Crippen LogP contribution < -0.4 is 4.74 Å². The van der Waals surface area contributed by atoms with Crippen molar-refractivity contribution in [1.29, 1.82) is 0 Å². The zero-order chi connectivity index (χ0) is 20.3. The predicted molar refractivity (Wildman–Crippen MR) is 106 cm³/mol. The lowest BCUT2D eigenvalue weighted by molar-refractivity contribution is -0.384. The maximum absolute atomic E-state index is 12.2. The molecule has 2 aromatic rings. The molecule has 7 nitrogen and oxygen atoms in total. The van der Waals surface area contributed by atoms with Crippen molar-refractivity contribution in [2.75, 3.05) is 0 Å². The minimum absolute atomic E-state index is 0.00327. The van der Waals surface area contributed by atoms with E-state index in [0.717, 1.165) is 6.42 Å². The van der Waals surface area contributed by atoms with Gasteiger partial charge >= 0.3 is 5.97 Å². The van der Waals surface area contributed by atoms with Crippen molar-refractivity contribution in [2.24, 2.45) is 4.99 Å². The van der Waals surface area contributed by atoms with Crippen LogP contribution in [0.4, 0.5) is 5.69 Å². The van der Waals surface area contributed by atoms with Crippen molar-refractivity contribution < 1.29 is 19.2 Å². The minimum Gasteiger partial charge on any atom is -0.490 e. The molecular formula is C20H17ClN2O5. The van der Waals surface area contributed by atoms with E-state index in [2.05, 4.69) is 4.99 Å². The van der Waals surface area contributed by atoms with Gasteiger partial charge in [-0.1, -0.05) is 36.7 Å². The topological polar surface area (TPSA) is 91.0 Å². The van der Waals surface area contributed by atoms with Crippen LogP contribution in [0.15, 0.2) is 53.2 Å². The Kier molecular flexibility index (Phi) is 5.75. The third-order valence-electron chi connectivity index (χ3n) is 4.13. The van der Waals surface area contributed by atoms with Gasteiger partial charge in [0.2, 0.25) is 5.90 Å². The second kappa shape index (κ2) is 8.22. The summed E-state index contributed by atoms with van der Waals surface area (Å²) in [5, 5.41) is 10.9. The normalized spacial score (nSPS) is 15.9. The minimum atomic E-state index is -0.636. The van der Waals surface area contributed by atoms with Gasteiger partial charge in [-0.15, -0.1) is 0 Å². The van der Waals surface area contributed by atoms with Crippen molar-refractivity contribution in [3.8, 4) is 5.75 Å². The van der Waals surface area contributed by atoms with Gasteiger partial charge in [-0.2, -0.15) is 0 Å². The number of ether oxygens (including phenoxy) is 2. The van der Waals surface area contributed by atoms with E-state index >= 15 is 0 Å². The Bertz CT molecular complexity index is 1000. The van der Waals surface area contributed by atoms with Crippen LogP contribution in [-0.4, -0.2) is 22.9 Å². The highest BCUT2D eigenvalue weighted by molar-refractivity contribution is 6.34. The zero-order valence-electron chi connectivity index (χ0n) is 15.2. The first-order valence-corrected chi connectivity index (χ1v) is 8.99. The van der Waals surface area contributed by atoms with E-state index in [1.54, 1.807) is 6.08 Å². The second-order valence-corrected chi connectivity index (χ2v) is 6.54. The maximum Gasteiger partial charge on any atom is 0.363 e. The Hall–Kier alpha value is -3.19. The van der Waals surface area contributed by atoms with Gasteiger partial charge in [-0.05, 0) is 31.6 Å². The number of nitrogens with zero attached hydrogens (tertiary/aromatic N) is 2. The van der Waals surface area contributed by atoms with Crippen LogP contribution in [0.3, 0.4) is 0 Å². The van der Waals surface area contributed by atoms with Gasteiger partial charge in [0.1, 0.15) is 5.75 Å². The number of benzene rings is 2. The summed E-state index contributed by atoms with van der Waals surface area (Å²) in [5.74, 6) is -0.00611. The Morgan fingerprint density at radius 3 is 2.75 bits per heavy atom. The lowest BCUT2D eigenvalue weighted by Crippen LogP contribution is -2.10. The number of carbonyl (C=O) groups is 1. The molecule has 1 aliphatic heterocycles. The quantitative estimate of drug-likeness (QED) is 0.301. The van der Waals surface area contributed by atoms with Gasteiger partial charge in [0.25, 0.3) is 5.69 Å². The largest absolute Gasteiger partial charge is 0.490 e. The fourth-order valence-corrected chi connectivity index (χ4v) is 2.73. The average Bonchev–Trinajstić information content (AvgIpc) is 3.03. The van der Waals surface area contributed by atoms with Gasteiger partial charge < -0.3 is 9.47 Å². The molecule has 1 atom stereocenters. The number of cyclic esters (lactones) is 1. The molecule has 1 aliphatic rings. The molecule has 3 rings (SSSR count). The fraction of sp³-hybridized carbons (Fsp3) is 0.200. The number of nitro groups is 1. The number of esters is 1. The highest BCUT2D eigenvalue weighted by Gasteiger charge is 2.27. The summed E-state index contributed by atoms with van der Waals surface area (Å²) >= 11 is 6.09. The molecule has 0 N–H and O–H groups in total. The number of non-ortho nitro benzene ring substituents is 1. The summed E-state index contributed by atoms with van der Waals surface area (Å²) in [7, 11) is 0. The van der Waals surface area contributed by atoms with Gasteiger partial charge in [0, 0.05) is 17.7 Å². The second-order valence-electron chi connectivity index (χ2n) is 6.13. The molecule has 0 saturated carbocycles. The lowest BCUT2D eigenvalue weighted by atomic mass is 10.1. The number of aliphatic imine (C=N–C) groups is 1. The van der Waals surface area contributed by atoms with Crippen molar-refractivity contribution in [3.63, 3.8) is 0 Å². The molecule has 0 fully saturated rings. The molecule has 0 saturated heterocycles. The molecular weight excluding hydrogens is 384 g/mol. The van der Waals surface area contributed by atoms with Crippen molar-refractivity contribution in [2.45, 2.75) is 26.4 Å². The number of hydrogen-bond donors (Lipinski definition) is 0. The van der Waals surface area contributed by atoms with E-state index in [4.69, 9.17) is 21.1 Å². The van der Waals surface area contributed by atoms with Gasteiger partial charge in [0.15, 0.2) is 5.70 Å². The van der Waals surface area contributed by atoms with E-state index in [1.807, 2.05) is 38.1 Å². The van der Waals surface area contributed by atoms with Crippen LogP contribution in [0.2, 0.25) is 5.02 Å². The third kappa shape index (κ3) is 4.20. The van der Waals surface area contributed by atoms with Crippen molar-refractivity contribution in [3.05, 3.63) is 74.4 Å². The Balaban J connectivity index is 1.94. The van der Waals surface area contributed by atoms with Crippen LogP contribution in [-0.2, 0) is 9.53 Å². The molecule has 8 heteroatoms. The van der Waals surface area contributed by atoms with E-state index in [0.29, 0.717) is 16.9 Å². The summed E-state index contributed by atoms with van der Waals surface area (Å²) in [6, 6.07) is 11.2. The SMILES string of the molecule is CCC(C)Oc1ccccc1/C=C1\N=C(c2ccc([N+](=O)[O-])cc2Cl)OC1=O. The molecule has 0 aliphatic carbocycles. The maximum atomic E-state index is 12.2. The Labute approximate surface area is 166 Å². The predicted octanol–water partition coefficient (Wildman–Crippen LogP) is 4.77. The summed E-state index contributed by atoms with van der Waals surface area (Å²) in [6.45, 7) is 3.98. The number of hydrogen-bond acceptors (Lipinski definition) is 6. The molecule has 2 aromatic carbocycles. The number of carbonyl (C=O) groups excluding carboxylic acids is 1. The van der Waals surface area contributed by atoms with E-state index < -0.39 is 10.9 Å². The molecule has 1 unspecified atom stereocenters. The molecule has 0 bridgehead atoms. The summed E-state index contributed by atoms with van der Waals surface area (Å²) in [5.41, 5.74) is 0.915. The van der Waals surface area contributed by atoms with Crippen molar-refractivity contribution in [1.82, 2.24) is 0 Å². The average molecular weight is 401 g/mol. The third-order valence-corrected chi connectivity index (χ3v) is 4.44. The van der Waals surface area contributed by atoms with Crippen LogP contribution >= 0.6 is 11.6 Å².